The highest BCUT2D eigenvalue weighted by molar-refractivity contribution is 7.12. The van der Waals surface area contributed by atoms with Crippen LogP contribution in [0, 0.1) is 0 Å². The fourth-order valence-electron chi connectivity index (χ4n) is 1.87. The van der Waals surface area contributed by atoms with Crippen LogP contribution in [0.5, 0.6) is 0 Å². The lowest BCUT2D eigenvalue weighted by molar-refractivity contribution is 0.0769. The monoisotopic (exact) mass is 225 g/mol. The Balaban J connectivity index is 2.14. The first-order valence-electron chi connectivity index (χ1n) is 5.26. The molecule has 1 aliphatic heterocycles. The summed E-state index contributed by atoms with van der Waals surface area (Å²) in [5.74, 6) is 0.0819. The van der Waals surface area contributed by atoms with Crippen molar-refractivity contribution in [1.82, 2.24) is 4.90 Å². The fourth-order valence-corrected chi connectivity index (χ4v) is 2.83. The van der Waals surface area contributed by atoms with Crippen LogP contribution in [0.1, 0.15) is 28.6 Å². The number of aryl methyl sites for hydroxylation is 1. The Morgan fingerprint density at radius 3 is 3.13 bits per heavy atom. The molecule has 0 saturated carbocycles. The van der Waals surface area contributed by atoms with Crippen LogP contribution in [-0.4, -0.2) is 35.1 Å². The third-order valence-corrected chi connectivity index (χ3v) is 3.72. The van der Waals surface area contributed by atoms with Gasteiger partial charge in [0.15, 0.2) is 0 Å². The summed E-state index contributed by atoms with van der Waals surface area (Å²) in [5, 5.41) is 11.3. The summed E-state index contributed by atoms with van der Waals surface area (Å²) in [6.07, 6.45) is 1.26. The number of rotatable bonds is 2. The van der Waals surface area contributed by atoms with Gasteiger partial charge in [-0.2, -0.15) is 0 Å². The fraction of sp³-hybridized carbons (Fsp3) is 0.545. The number of amides is 1. The molecule has 4 heteroatoms. The molecule has 0 aliphatic carbocycles. The molecule has 82 valence electrons. The van der Waals surface area contributed by atoms with E-state index < -0.39 is 0 Å². The second-order valence-corrected chi connectivity index (χ2v) is 4.74. The Hall–Kier alpha value is -0.870. The summed E-state index contributed by atoms with van der Waals surface area (Å²) in [7, 11) is 0. The first-order valence-corrected chi connectivity index (χ1v) is 6.14. The summed E-state index contributed by atoms with van der Waals surface area (Å²) in [5.41, 5.74) is 1.12. The van der Waals surface area contributed by atoms with Gasteiger partial charge in [0, 0.05) is 13.1 Å². The molecule has 1 saturated heterocycles. The molecule has 1 amide bonds. The van der Waals surface area contributed by atoms with Gasteiger partial charge in [-0.3, -0.25) is 4.79 Å². The maximum absolute atomic E-state index is 12.1. The summed E-state index contributed by atoms with van der Waals surface area (Å²) in [6.45, 7) is 3.22. The van der Waals surface area contributed by atoms with Gasteiger partial charge in [0.2, 0.25) is 0 Å². The van der Waals surface area contributed by atoms with E-state index >= 15 is 0 Å². The predicted octanol–water partition coefficient (Wildman–Crippen LogP) is 1.52. The van der Waals surface area contributed by atoms with Crippen LogP contribution in [-0.2, 0) is 6.42 Å². The zero-order valence-corrected chi connectivity index (χ0v) is 9.59. The highest BCUT2D eigenvalue weighted by Crippen LogP contribution is 2.21. The van der Waals surface area contributed by atoms with E-state index in [-0.39, 0.29) is 12.0 Å². The number of carbonyl (C=O) groups is 1. The van der Waals surface area contributed by atoms with Crippen molar-refractivity contribution in [3.63, 3.8) is 0 Å². The highest BCUT2D eigenvalue weighted by Gasteiger charge is 2.26. The first-order chi connectivity index (χ1) is 7.22. The third-order valence-electron chi connectivity index (χ3n) is 2.77. The van der Waals surface area contributed by atoms with E-state index in [0.29, 0.717) is 19.5 Å². The van der Waals surface area contributed by atoms with Gasteiger partial charge >= 0.3 is 0 Å². The topological polar surface area (TPSA) is 40.5 Å². The van der Waals surface area contributed by atoms with Gasteiger partial charge in [0.25, 0.3) is 5.91 Å². The predicted molar refractivity (Wildman–Crippen MR) is 60.2 cm³/mol. The van der Waals surface area contributed by atoms with Crippen molar-refractivity contribution in [1.29, 1.82) is 0 Å². The number of likely N-dealkylation sites (tertiary alicyclic amines) is 1. The van der Waals surface area contributed by atoms with Gasteiger partial charge in [0.05, 0.1) is 11.0 Å². The lowest BCUT2D eigenvalue weighted by atomic mass is 10.2. The molecule has 1 atom stereocenters. The Bertz CT molecular complexity index is 361. The molecule has 1 aromatic rings. The molecule has 0 bridgehead atoms. The van der Waals surface area contributed by atoms with Crippen LogP contribution in [0.4, 0.5) is 0 Å². The average Bonchev–Trinajstić information content (AvgIpc) is 2.84. The van der Waals surface area contributed by atoms with Crippen LogP contribution in [0.25, 0.3) is 0 Å². The standard InChI is InChI=1S/C11H15NO2S/c1-2-8-4-6-15-10(8)11(14)12-5-3-9(13)7-12/h4,6,9,13H,2-3,5,7H2,1H3. The van der Waals surface area contributed by atoms with Crippen LogP contribution in [0.2, 0.25) is 0 Å². The van der Waals surface area contributed by atoms with Crippen LogP contribution in [0.15, 0.2) is 11.4 Å². The molecule has 1 unspecified atom stereocenters. The minimum Gasteiger partial charge on any atom is -0.391 e. The van der Waals surface area contributed by atoms with Crippen molar-refractivity contribution in [3.8, 4) is 0 Å². The normalized spacial score (nSPS) is 20.9. The largest absolute Gasteiger partial charge is 0.391 e. The minimum atomic E-state index is -0.334. The lowest BCUT2D eigenvalue weighted by Crippen LogP contribution is -2.29. The smallest absolute Gasteiger partial charge is 0.264 e. The van der Waals surface area contributed by atoms with Crippen molar-refractivity contribution < 1.29 is 9.90 Å². The Labute approximate surface area is 93.3 Å². The Morgan fingerprint density at radius 1 is 1.73 bits per heavy atom. The van der Waals surface area contributed by atoms with Gasteiger partial charge < -0.3 is 10.0 Å². The maximum Gasteiger partial charge on any atom is 0.264 e. The molecule has 1 aromatic heterocycles. The third kappa shape index (κ3) is 2.06. The van der Waals surface area contributed by atoms with Gasteiger partial charge in [0.1, 0.15) is 0 Å². The van der Waals surface area contributed by atoms with Crippen LogP contribution >= 0.6 is 11.3 Å². The molecule has 0 aromatic carbocycles. The molecular weight excluding hydrogens is 210 g/mol. The quantitative estimate of drug-likeness (QED) is 0.829. The zero-order chi connectivity index (χ0) is 10.8. The van der Waals surface area contributed by atoms with Gasteiger partial charge in [-0.1, -0.05) is 6.92 Å². The average molecular weight is 225 g/mol. The zero-order valence-electron chi connectivity index (χ0n) is 8.77. The summed E-state index contributed by atoms with van der Waals surface area (Å²) in [4.78, 5) is 14.6. The number of aliphatic hydroxyl groups is 1. The molecule has 3 nitrogen and oxygen atoms in total. The Morgan fingerprint density at radius 2 is 2.53 bits per heavy atom. The number of thiophene rings is 1. The van der Waals surface area contributed by atoms with E-state index in [1.54, 1.807) is 4.90 Å². The number of nitrogens with zero attached hydrogens (tertiary/aromatic N) is 1. The number of β-amino-alcohol motifs (C(OH)–C–C–N with tert-alkyl or cyclic N) is 1. The van der Waals surface area contributed by atoms with E-state index in [1.807, 2.05) is 11.4 Å². The molecule has 1 aliphatic rings. The second-order valence-electron chi connectivity index (χ2n) is 3.82. The Kier molecular flexibility index (Phi) is 3.07. The molecule has 2 rings (SSSR count). The molecule has 2 heterocycles. The molecule has 1 fully saturated rings. The van der Waals surface area contributed by atoms with E-state index in [1.165, 1.54) is 11.3 Å². The van der Waals surface area contributed by atoms with E-state index in [4.69, 9.17) is 0 Å². The lowest BCUT2D eigenvalue weighted by Gasteiger charge is -2.15. The second kappa shape index (κ2) is 4.33. The molecule has 15 heavy (non-hydrogen) atoms. The van der Waals surface area contributed by atoms with Gasteiger partial charge in [-0.05, 0) is 29.9 Å². The van der Waals surface area contributed by atoms with Crippen molar-refractivity contribution in [2.24, 2.45) is 0 Å². The van der Waals surface area contributed by atoms with Gasteiger partial charge in [-0.25, -0.2) is 0 Å². The number of aliphatic hydroxyl groups excluding tert-OH is 1. The van der Waals surface area contributed by atoms with E-state index in [2.05, 4.69) is 6.92 Å². The number of carbonyl (C=O) groups excluding carboxylic acids is 1. The molecule has 0 radical (unpaired) electrons. The molecule has 0 spiro atoms. The van der Waals surface area contributed by atoms with Crippen molar-refractivity contribution in [2.45, 2.75) is 25.9 Å². The highest BCUT2D eigenvalue weighted by atomic mass is 32.1. The van der Waals surface area contributed by atoms with E-state index in [0.717, 1.165) is 16.9 Å². The number of hydrogen-bond acceptors (Lipinski definition) is 3. The van der Waals surface area contributed by atoms with Crippen LogP contribution < -0.4 is 0 Å². The minimum absolute atomic E-state index is 0.0819. The van der Waals surface area contributed by atoms with E-state index in [9.17, 15) is 9.90 Å². The first kappa shape index (κ1) is 10.6. The van der Waals surface area contributed by atoms with Crippen molar-refractivity contribution >= 4 is 17.2 Å². The summed E-state index contributed by atoms with van der Waals surface area (Å²) >= 11 is 1.50. The number of hydrogen-bond donors (Lipinski definition) is 1. The summed E-state index contributed by atoms with van der Waals surface area (Å²) < 4.78 is 0. The van der Waals surface area contributed by atoms with Crippen molar-refractivity contribution in [3.05, 3.63) is 21.9 Å². The summed E-state index contributed by atoms with van der Waals surface area (Å²) in [6, 6.07) is 2.00. The maximum atomic E-state index is 12.1. The van der Waals surface area contributed by atoms with Crippen molar-refractivity contribution in [2.75, 3.05) is 13.1 Å². The SMILES string of the molecule is CCc1ccsc1C(=O)N1CCC(O)C1. The molecule has 1 N–H and O–H groups in total. The van der Waals surface area contributed by atoms with Gasteiger partial charge in [-0.15, -0.1) is 11.3 Å². The molecular formula is C11H15NO2S. The van der Waals surface area contributed by atoms with Crippen LogP contribution in [0.3, 0.4) is 0 Å².